The molecule has 0 bridgehead atoms. The highest BCUT2D eigenvalue weighted by atomic mass is 19.4. The number of hydrogen-bond donors (Lipinski definition) is 1. The van der Waals surface area contributed by atoms with Crippen LogP contribution in [0.15, 0.2) is 24.3 Å². The summed E-state index contributed by atoms with van der Waals surface area (Å²) in [5, 5.41) is 2.98. The molecule has 2 saturated heterocycles. The average molecular weight is 471 g/mol. The molecule has 33 heavy (non-hydrogen) atoms. The predicted molar refractivity (Wildman–Crippen MR) is 119 cm³/mol. The van der Waals surface area contributed by atoms with Crippen LogP contribution in [-0.4, -0.2) is 80.8 Å². The lowest BCUT2D eigenvalue weighted by Crippen LogP contribution is -2.47. The van der Waals surface area contributed by atoms with Gasteiger partial charge in [0.1, 0.15) is 0 Å². The van der Waals surface area contributed by atoms with Gasteiger partial charge >= 0.3 is 12.3 Å². The molecule has 2 aliphatic heterocycles. The van der Waals surface area contributed by atoms with Gasteiger partial charge in [-0.15, -0.1) is 0 Å². The minimum Gasteiger partial charge on any atom is -0.450 e. The van der Waals surface area contributed by atoms with E-state index in [1.807, 2.05) is 4.90 Å². The number of ether oxygens (including phenoxy) is 1. The summed E-state index contributed by atoms with van der Waals surface area (Å²) in [6, 6.07) is 5.47. The second-order valence-electron chi connectivity index (χ2n) is 8.51. The Labute approximate surface area is 192 Å². The molecular formula is C23H33F3N4O3. The first-order valence-corrected chi connectivity index (χ1v) is 11.6. The van der Waals surface area contributed by atoms with Crippen molar-refractivity contribution in [2.75, 3.05) is 63.9 Å². The minimum atomic E-state index is -4.34. The molecule has 1 aromatic rings. The van der Waals surface area contributed by atoms with E-state index in [2.05, 4.69) is 10.2 Å². The van der Waals surface area contributed by atoms with Crippen LogP contribution in [0.4, 0.5) is 23.7 Å². The highest BCUT2D eigenvalue weighted by Crippen LogP contribution is 2.31. The van der Waals surface area contributed by atoms with Crippen LogP contribution >= 0.6 is 0 Å². The Morgan fingerprint density at radius 2 is 1.91 bits per heavy atom. The lowest BCUT2D eigenvalue weighted by Gasteiger charge is -2.36. The maximum Gasteiger partial charge on any atom is 0.416 e. The predicted octanol–water partition coefficient (Wildman–Crippen LogP) is 3.20. The Kier molecular flexibility index (Phi) is 8.82. The number of alkyl halides is 3. The summed E-state index contributed by atoms with van der Waals surface area (Å²) in [5.41, 5.74) is -0.0254. The van der Waals surface area contributed by atoms with E-state index in [1.54, 1.807) is 17.9 Å². The zero-order valence-corrected chi connectivity index (χ0v) is 19.1. The number of anilines is 1. The standard InChI is InChI=1S/C23H33F3N4O3/c1-2-33-22(32)30-11-4-6-18(17-30)21(31)27-9-5-10-28-12-14-29(15-13-28)20-8-3-7-19(16-20)23(24,25)26/h3,7-8,16,18H,2,4-6,9-15,17H2,1H3,(H,27,31). The number of amides is 2. The lowest BCUT2D eigenvalue weighted by molar-refractivity contribution is -0.137. The monoisotopic (exact) mass is 470 g/mol. The molecule has 3 rings (SSSR count). The molecule has 1 aromatic carbocycles. The van der Waals surface area contributed by atoms with Crippen LogP contribution in [0.25, 0.3) is 0 Å². The molecule has 0 radical (unpaired) electrons. The largest absolute Gasteiger partial charge is 0.450 e. The van der Waals surface area contributed by atoms with Crippen molar-refractivity contribution in [3.8, 4) is 0 Å². The van der Waals surface area contributed by atoms with E-state index in [-0.39, 0.29) is 17.9 Å². The Balaban J connectivity index is 1.35. The average Bonchev–Trinajstić information content (AvgIpc) is 2.82. The van der Waals surface area contributed by atoms with Gasteiger partial charge in [-0.05, 0) is 50.9 Å². The van der Waals surface area contributed by atoms with E-state index in [0.717, 1.165) is 45.0 Å². The Morgan fingerprint density at radius 3 is 2.61 bits per heavy atom. The van der Waals surface area contributed by atoms with Crippen molar-refractivity contribution >= 4 is 17.7 Å². The number of rotatable bonds is 7. The number of likely N-dealkylation sites (tertiary alicyclic amines) is 1. The number of carbonyl (C=O) groups excluding carboxylic acids is 2. The Morgan fingerprint density at radius 1 is 1.15 bits per heavy atom. The number of piperidine rings is 1. The fourth-order valence-corrected chi connectivity index (χ4v) is 4.34. The summed E-state index contributed by atoms with van der Waals surface area (Å²) in [7, 11) is 0. The quantitative estimate of drug-likeness (QED) is 0.620. The molecule has 0 aromatic heterocycles. The highest BCUT2D eigenvalue weighted by molar-refractivity contribution is 5.80. The van der Waals surface area contributed by atoms with Crippen LogP contribution in [0, 0.1) is 5.92 Å². The van der Waals surface area contributed by atoms with Gasteiger partial charge in [-0.1, -0.05) is 6.07 Å². The van der Waals surface area contributed by atoms with Crippen LogP contribution in [0.5, 0.6) is 0 Å². The molecule has 2 aliphatic rings. The summed E-state index contributed by atoms with van der Waals surface area (Å²) in [5.74, 6) is -0.238. The zero-order valence-electron chi connectivity index (χ0n) is 19.1. The van der Waals surface area contributed by atoms with Gasteiger partial charge in [-0.3, -0.25) is 9.69 Å². The van der Waals surface area contributed by atoms with E-state index < -0.39 is 11.7 Å². The van der Waals surface area contributed by atoms with Crippen molar-refractivity contribution < 1.29 is 27.5 Å². The molecule has 0 aliphatic carbocycles. The van der Waals surface area contributed by atoms with E-state index in [9.17, 15) is 22.8 Å². The molecular weight excluding hydrogens is 437 g/mol. The lowest BCUT2D eigenvalue weighted by atomic mass is 9.97. The minimum absolute atomic E-state index is 0.0293. The van der Waals surface area contributed by atoms with E-state index in [1.165, 1.54) is 12.1 Å². The first-order valence-electron chi connectivity index (χ1n) is 11.6. The fourth-order valence-electron chi connectivity index (χ4n) is 4.34. The van der Waals surface area contributed by atoms with Crippen LogP contribution in [0.3, 0.4) is 0 Å². The van der Waals surface area contributed by atoms with Crippen molar-refractivity contribution in [3.05, 3.63) is 29.8 Å². The van der Waals surface area contributed by atoms with Gasteiger partial charge < -0.3 is 19.9 Å². The third-order valence-electron chi connectivity index (χ3n) is 6.18. The Hall–Kier alpha value is -2.49. The molecule has 1 N–H and O–H groups in total. The second kappa shape index (κ2) is 11.6. The summed E-state index contributed by atoms with van der Waals surface area (Å²) in [6.07, 6.45) is -2.35. The molecule has 1 atom stereocenters. The smallest absolute Gasteiger partial charge is 0.416 e. The number of nitrogens with zero attached hydrogens (tertiary/aromatic N) is 3. The molecule has 7 nitrogen and oxygen atoms in total. The first kappa shape index (κ1) is 25.1. The van der Waals surface area contributed by atoms with E-state index in [4.69, 9.17) is 4.74 Å². The maximum absolute atomic E-state index is 13.0. The maximum atomic E-state index is 13.0. The number of halogens is 3. The van der Waals surface area contributed by atoms with Gasteiger partial charge in [0.25, 0.3) is 0 Å². The highest BCUT2D eigenvalue weighted by Gasteiger charge is 2.31. The molecule has 0 saturated carbocycles. The van der Waals surface area contributed by atoms with Gasteiger partial charge in [0.2, 0.25) is 5.91 Å². The van der Waals surface area contributed by atoms with Gasteiger partial charge in [-0.25, -0.2) is 4.79 Å². The second-order valence-corrected chi connectivity index (χ2v) is 8.51. The van der Waals surface area contributed by atoms with Crippen LogP contribution in [0.2, 0.25) is 0 Å². The van der Waals surface area contributed by atoms with Gasteiger partial charge in [0.05, 0.1) is 18.1 Å². The summed E-state index contributed by atoms with van der Waals surface area (Å²) >= 11 is 0. The summed E-state index contributed by atoms with van der Waals surface area (Å²) in [6.45, 7) is 7.33. The molecule has 184 valence electrons. The van der Waals surface area contributed by atoms with Crippen molar-refractivity contribution in [3.63, 3.8) is 0 Å². The van der Waals surface area contributed by atoms with Crippen LogP contribution < -0.4 is 10.2 Å². The molecule has 10 heteroatoms. The van der Waals surface area contributed by atoms with E-state index >= 15 is 0 Å². The first-order chi connectivity index (χ1) is 15.8. The molecule has 1 unspecified atom stereocenters. The van der Waals surface area contributed by atoms with Gasteiger partial charge in [-0.2, -0.15) is 13.2 Å². The third kappa shape index (κ3) is 7.25. The summed E-state index contributed by atoms with van der Waals surface area (Å²) < 4.78 is 43.9. The third-order valence-corrected chi connectivity index (χ3v) is 6.18. The topological polar surface area (TPSA) is 65.1 Å². The number of piperazine rings is 1. The molecule has 2 amide bonds. The molecule has 2 fully saturated rings. The van der Waals surface area contributed by atoms with Crippen LogP contribution in [0.1, 0.15) is 31.7 Å². The van der Waals surface area contributed by atoms with Crippen molar-refractivity contribution in [2.24, 2.45) is 5.92 Å². The van der Waals surface area contributed by atoms with Crippen molar-refractivity contribution in [1.82, 2.24) is 15.1 Å². The number of benzene rings is 1. The molecule has 0 spiro atoms. The number of hydrogen-bond acceptors (Lipinski definition) is 5. The summed E-state index contributed by atoms with van der Waals surface area (Å²) in [4.78, 5) is 30.2. The fraction of sp³-hybridized carbons (Fsp3) is 0.652. The normalized spacial score (nSPS) is 19.9. The SMILES string of the molecule is CCOC(=O)N1CCCC(C(=O)NCCCN2CCN(c3cccc(C(F)(F)F)c3)CC2)C1. The van der Waals surface area contributed by atoms with Gasteiger partial charge in [0, 0.05) is 51.5 Å². The number of nitrogens with one attached hydrogen (secondary N) is 1. The number of carbonyl (C=O) groups is 2. The van der Waals surface area contributed by atoms with Gasteiger partial charge in [0.15, 0.2) is 0 Å². The molecule has 2 heterocycles. The Bertz CT molecular complexity index is 797. The van der Waals surface area contributed by atoms with Crippen LogP contribution in [-0.2, 0) is 15.7 Å². The van der Waals surface area contributed by atoms with Crippen molar-refractivity contribution in [1.29, 1.82) is 0 Å². The van der Waals surface area contributed by atoms with E-state index in [0.29, 0.717) is 45.0 Å². The van der Waals surface area contributed by atoms with Crippen molar-refractivity contribution in [2.45, 2.75) is 32.4 Å². The zero-order chi connectivity index (χ0) is 23.8.